The maximum Gasteiger partial charge on any atom is 0.433 e. The standard InChI is InChI=1S/C17H11ClF5N3O/c1-8-15(14-11(19)5-10(27-2)6-12(14)20)26(16(18)25-8)9-3-4-13(24-7-9)17(21,22)23/h3-7H,1-2H3. The van der Waals surface area contributed by atoms with E-state index < -0.39 is 29.1 Å². The summed E-state index contributed by atoms with van der Waals surface area (Å²) in [6, 6.07) is 3.79. The molecule has 0 aliphatic heterocycles. The number of benzene rings is 1. The summed E-state index contributed by atoms with van der Waals surface area (Å²) in [4.78, 5) is 7.32. The normalized spacial score (nSPS) is 11.7. The van der Waals surface area contributed by atoms with Crippen molar-refractivity contribution < 1.29 is 26.7 Å². The van der Waals surface area contributed by atoms with E-state index in [0.29, 0.717) is 0 Å². The molecule has 1 aromatic carbocycles. The molecule has 142 valence electrons. The van der Waals surface area contributed by atoms with Crippen molar-refractivity contribution in [2.45, 2.75) is 13.1 Å². The lowest BCUT2D eigenvalue weighted by Crippen LogP contribution is -2.09. The van der Waals surface area contributed by atoms with Crippen LogP contribution in [0.1, 0.15) is 11.4 Å². The summed E-state index contributed by atoms with van der Waals surface area (Å²) in [5, 5.41) is -0.182. The van der Waals surface area contributed by atoms with Crippen molar-refractivity contribution in [2.24, 2.45) is 0 Å². The number of nitrogens with zero attached hydrogens (tertiary/aromatic N) is 3. The fourth-order valence-corrected chi connectivity index (χ4v) is 2.91. The van der Waals surface area contributed by atoms with Crippen LogP contribution in [0, 0.1) is 18.6 Å². The zero-order chi connectivity index (χ0) is 19.9. The van der Waals surface area contributed by atoms with E-state index in [9.17, 15) is 22.0 Å². The fourth-order valence-electron chi connectivity index (χ4n) is 2.60. The van der Waals surface area contributed by atoms with Gasteiger partial charge in [-0.15, -0.1) is 0 Å². The summed E-state index contributed by atoms with van der Waals surface area (Å²) in [6.45, 7) is 1.47. The lowest BCUT2D eigenvalue weighted by Gasteiger charge is -2.13. The molecular weight excluding hydrogens is 393 g/mol. The molecule has 0 aliphatic rings. The molecule has 0 saturated carbocycles. The monoisotopic (exact) mass is 403 g/mol. The van der Waals surface area contributed by atoms with Crippen LogP contribution in [0.5, 0.6) is 5.75 Å². The molecule has 0 radical (unpaired) electrons. The van der Waals surface area contributed by atoms with E-state index in [2.05, 4.69) is 9.97 Å². The summed E-state index contributed by atoms with van der Waals surface area (Å²) in [7, 11) is 1.26. The summed E-state index contributed by atoms with van der Waals surface area (Å²) < 4.78 is 73.1. The predicted molar refractivity (Wildman–Crippen MR) is 88.0 cm³/mol. The SMILES string of the molecule is COc1cc(F)c(-c2c(C)nc(Cl)n2-c2ccc(C(F)(F)F)nc2)c(F)c1. The number of methoxy groups -OCH3 is 1. The van der Waals surface area contributed by atoms with Crippen molar-refractivity contribution in [2.75, 3.05) is 7.11 Å². The van der Waals surface area contributed by atoms with Gasteiger partial charge in [-0.1, -0.05) is 0 Å². The van der Waals surface area contributed by atoms with Gasteiger partial charge in [-0.05, 0) is 30.7 Å². The van der Waals surface area contributed by atoms with Crippen molar-refractivity contribution in [3.05, 3.63) is 58.8 Å². The highest BCUT2D eigenvalue weighted by Crippen LogP contribution is 2.36. The zero-order valence-electron chi connectivity index (χ0n) is 13.9. The Morgan fingerprint density at radius 2 is 1.74 bits per heavy atom. The number of pyridine rings is 1. The molecule has 0 N–H and O–H groups in total. The Morgan fingerprint density at radius 1 is 1.11 bits per heavy atom. The highest BCUT2D eigenvalue weighted by molar-refractivity contribution is 6.29. The van der Waals surface area contributed by atoms with Crippen LogP contribution in [0.2, 0.25) is 5.28 Å². The average Bonchev–Trinajstić information content (AvgIpc) is 2.87. The molecule has 0 bridgehead atoms. The van der Waals surface area contributed by atoms with Crippen LogP contribution < -0.4 is 4.74 Å². The highest BCUT2D eigenvalue weighted by Gasteiger charge is 2.32. The molecule has 27 heavy (non-hydrogen) atoms. The van der Waals surface area contributed by atoms with E-state index in [4.69, 9.17) is 16.3 Å². The van der Waals surface area contributed by atoms with Crippen LogP contribution in [-0.2, 0) is 6.18 Å². The van der Waals surface area contributed by atoms with Crippen molar-refractivity contribution in [3.63, 3.8) is 0 Å². The van der Waals surface area contributed by atoms with Gasteiger partial charge in [-0.3, -0.25) is 4.57 Å². The van der Waals surface area contributed by atoms with Gasteiger partial charge in [0.15, 0.2) is 0 Å². The maximum absolute atomic E-state index is 14.5. The second kappa shape index (κ2) is 6.80. The number of aromatic nitrogens is 3. The van der Waals surface area contributed by atoms with Gasteiger partial charge in [0.1, 0.15) is 23.1 Å². The number of hydrogen-bond acceptors (Lipinski definition) is 3. The minimum atomic E-state index is -4.62. The molecule has 10 heteroatoms. The first-order valence-corrected chi connectivity index (χ1v) is 7.83. The van der Waals surface area contributed by atoms with Crippen molar-refractivity contribution in [3.8, 4) is 22.7 Å². The zero-order valence-corrected chi connectivity index (χ0v) is 14.7. The van der Waals surface area contributed by atoms with E-state index in [-0.39, 0.29) is 28.1 Å². The smallest absolute Gasteiger partial charge is 0.433 e. The largest absolute Gasteiger partial charge is 0.497 e. The molecule has 3 aromatic rings. The molecule has 0 amide bonds. The molecule has 0 fully saturated rings. The van der Waals surface area contributed by atoms with Gasteiger partial charge in [-0.2, -0.15) is 13.2 Å². The number of hydrogen-bond donors (Lipinski definition) is 0. The first kappa shape index (κ1) is 19.1. The number of ether oxygens (including phenoxy) is 1. The number of aryl methyl sites for hydroxylation is 1. The summed E-state index contributed by atoms with van der Waals surface area (Å²) in [6.07, 6.45) is -3.72. The highest BCUT2D eigenvalue weighted by atomic mass is 35.5. The number of halogens is 6. The molecule has 0 aliphatic carbocycles. The quantitative estimate of drug-likeness (QED) is 0.564. The van der Waals surface area contributed by atoms with Gasteiger partial charge in [0.05, 0.1) is 35.9 Å². The Kier molecular flexibility index (Phi) is 4.81. The van der Waals surface area contributed by atoms with Crippen molar-refractivity contribution in [1.82, 2.24) is 14.5 Å². The Bertz CT molecular complexity index is 976. The minimum Gasteiger partial charge on any atom is -0.497 e. The van der Waals surface area contributed by atoms with Gasteiger partial charge < -0.3 is 4.74 Å². The van der Waals surface area contributed by atoms with Crippen LogP contribution in [0.4, 0.5) is 22.0 Å². The molecular formula is C17H11ClF5N3O. The first-order chi connectivity index (χ1) is 12.6. The second-order valence-corrected chi connectivity index (χ2v) is 5.85. The lowest BCUT2D eigenvalue weighted by molar-refractivity contribution is -0.141. The van der Waals surface area contributed by atoms with Crippen LogP contribution in [0.25, 0.3) is 16.9 Å². The third-order valence-electron chi connectivity index (χ3n) is 3.80. The molecule has 3 rings (SSSR count). The Labute approximate surface area is 155 Å². The van der Waals surface area contributed by atoms with E-state index in [1.54, 1.807) is 0 Å². The summed E-state index contributed by atoms with van der Waals surface area (Å²) >= 11 is 6.06. The summed E-state index contributed by atoms with van der Waals surface area (Å²) in [5.41, 5.74) is -1.34. The van der Waals surface area contributed by atoms with Crippen LogP contribution in [0.15, 0.2) is 30.5 Å². The number of alkyl halides is 3. The van der Waals surface area contributed by atoms with Crippen LogP contribution in [-0.4, -0.2) is 21.6 Å². The lowest BCUT2D eigenvalue weighted by atomic mass is 10.1. The van der Waals surface area contributed by atoms with Gasteiger partial charge in [0.2, 0.25) is 5.28 Å². The van der Waals surface area contributed by atoms with Gasteiger partial charge in [-0.25, -0.2) is 18.7 Å². The summed E-state index contributed by atoms with van der Waals surface area (Å²) in [5.74, 6) is -1.90. The van der Waals surface area contributed by atoms with Gasteiger partial charge >= 0.3 is 6.18 Å². The van der Waals surface area contributed by atoms with E-state index in [1.807, 2.05) is 0 Å². The maximum atomic E-state index is 14.5. The fraction of sp³-hybridized carbons (Fsp3) is 0.176. The molecule has 0 saturated heterocycles. The predicted octanol–water partition coefficient (Wildman–Crippen LogP) is 5.20. The van der Waals surface area contributed by atoms with Crippen LogP contribution in [0.3, 0.4) is 0 Å². The van der Waals surface area contributed by atoms with Crippen molar-refractivity contribution >= 4 is 11.6 Å². The minimum absolute atomic E-state index is 0.0280. The second-order valence-electron chi connectivity index (χ2n) is 5.52. The third kappa shape index (κ3) is 3.46. The van der Waals surface area contributed by atoms with E-state index in [0.717, 1.165) is 35.0 Å². The Morgan fingerprint density at radius 3 is 2.22 bits per heavy atom. The molecule has 2 heterocycles. The van der Waals surface area contributed by atoms with Gasteiger partial charge in [0, 0.05) is 12.1 Å². The third-order valence-corrected chi connectivity index (χ3v) is 4.05. The molecule has 0 spiro atoms. The van der Waals surface area contributed by atoms with Crippen LogP contribution >= 0.6 is 11.6 Å². The Hall–Kier alpha value is -2.68. The first-order valence-electron chi connectivity index (χ1n) is 7.45. The van der Waals surface area contributed by atoms with E-state index in [1.165, 1.54) is 14.0 Å². The van der Waals surface area contributed by atoms with Gasteiger partial charge in [0.25, 0.3) is 0 Å². The van der Waals surface area contributed by atoms with Crippen molar-refractivity contribution in [1.29, 1.82) is 0 Å². The van der Waals surface area contributed by atoms with E-state index >= 15 is 0 Å². The molecule has 4 nitrogen and oxygen atoms in total. The molecule has 0 unspecified atom stereocenters. The Balaban J connectivity index is 2.21. The number of imidazole rings is 1. The molecule has 0 atom stereocenters. The topological polar surface area (TPSA) is 39.9 Å². The average molecular weight is 404 g/mol. The molecule has 2 aromatic heterocycles. The number of rotatable bonds is 3.